The smallest absolute Gasteiger partial charge is 0.194 e. The largest absolute Gasteiger partial charge is 0.392 e. The van der Waals surface area contributed by atoms with Gasteiger partial charge >= 0.3 is 0 Å². The fourth-order valence-electron chi connectivity index (χ4n) is 2.47. The van der Waals surface area contributed by atoms with Crippen molar-refractivity contribution in [2.75, 3.05) is 14.1 Å². The van der Waals surface area contributed by atoms with Crippen LogP contribution in [-0.2, 0) is 26.7 Å². The maximum atomic E-state index is 13.4. The van der Waals surface area contributed by atoms with Gasteiger partial charge in [-0.1, -0.05) is 17.7 Å². The minimum atomic E-state index is -0.400. The molecule has 0 fully saturated rings. The van der Waals surface area contributed by atoms with E-state index in [-0.39, 0.29) is 12.2 Å². The van der Waals surface area contributed by atoms with E-state index in [1.807, 2.05) is 35.8 Å². The molecular formula is C17H22ClFN4O. The Morgan fingerprint density at radius 2 is 2.17 bits per heavy atom. The molecule has 0 amide bonds. The molecule has 0 bridgehead atoms. The van der Waals surface area contributed by atoms with Gasteiger partial charge in [-0.3, -0.25) is 4.99 Å². The fraction of sp³-hybridized carbons (Fsp3) is 0.353. The Morgan fingerprint density at radius 1 is 1.42 bits per heavy atom. The number of nitrogens with zero attached hydrogens (tertiary/aromatic N) is 3. The van der Waals surface area contributed by atoms with E-state index in [1.54, 1.807) is 19.2 Å². The lowest BCUT2D eigenvalue weighted by Gasteiger charge is -2.22. The van der Waals surface area contributed by atoms with E-state index in [1.165, 1.54) is 6.07 Å². The highest BCUT2D eigenvalue weighted by Gasteiger charge is 2.10. The van der Waals surface area contributed by atoms with Crippen LogP contribution < -0.4 is 5.32 Å². The number of aryl methyl sites for hydroxylation is 1. The van der Waals surface area contributed by atoms with Gasteiger partial charge in [0, 0.05) is 45.1 Å². The Bertz CT molecular complexity index is 729. The number of aliphatic imine (C=N–C) groups is 1. The molecule has 2 rings (SSSR count). The zero-order valence-electron chi connectivity index (χ0n) is 14.1. The number of rotatable bonds is 5. The number of aromatic nitrogens is 1. The van der Waals surface area contributed by atoms with Crippen molar-refractivity contribution >= 4 is 17.6 Å². The molecule has 24 heavy (non-hydrogen) atoms. The molecule has 1 aromatic heterocycles. The third-order valence-corrected chi connectivity index (χ3v) is 3.98. The van der Waals surface area contributed by atoms with Gasteiger partial charge in [-0.05, 0) is 23.8 Å². The van der Waals surface area contributed by atoms with E-state index >= 15 is 0 Å². The number of hydrogen-bond donors (Lipinski definition) is 2. The zero-order valence-corrected chi connectivity index (χ0v) is 14.8. The van der Waals surface area contributed by atoms with E-state index in [9.17, 15) is 4.39 Å². The van der Waals surface area contributed by atoms with Crippen LogP contribution in [0.25, 0.3) is 0 Å². The maximum Gasteiger partial charge on any atom is 0.194 e. The fourth-order valence-corrected chi connectivity index (χ4v) is 2.74. The number of halogens is 2. The van der Waals surface area contributed by atoms with E-state index in [0.29, 0.717) is 24.1 Å². The van der Waals surface area contributed by atoms with Crippen LogP contribution in [0.15, 0.2) is 35.5 Å². The Balaban J connectivity index is 2.00. The first-order chi connectivity index (χ1) is 11.4. The van der Waals surface area contributed by atoms with Crippen molar-refractivity contribution in [2.24, 2.45) is 12.0 Å². The second-order valence-corrected chi connectivity index (χ2v) is 6.04. The molecule has 2 aromatic rings. The molecule has 130 valence electrons. The number of nitrogens with one attached hydrogen (secondary N) is 1. The second kappa shape index (κ2) is 8.17. The molecule has 0 aliphatic heterocycles. The summed E-state index contributed by atoms with van der Waals surface area (Å²) in [6, 6.07) is 6.61. The lowest BCUT2D eigenvalue weighted by Crippen LogP contribution is -2.38. The second-order valence-electron chi connectivity index (χ2n) is 5.60. The van der Waals surface area contributed by atoms with Crippen LogP contribution in [-0.4, -0.2) is 34.6 Å². The summed E-state index contributed by atoms with van der Waals surface area (Å²) in [5.41, 5.74) is 2.22. The van der Waals surface area contributed by atoms with E-state index < -0.39 is 5.82 Å². The Hall–Kier alpha value is -2.05. The van der Waals surface area contributed by atoms with Gasteiger partial charge in [-0.25, -0.2) is 4.39 Å². The van der Waals surface area contributed by atoms with Crippen LogP contribution in [0.5, 0.6) is 0 Å². The first-order valence-electron chi connectivity index (χ1n) is 7.55. The van der Waals surface area contributed by atoms with E-state index in [2.05, 4.69) is 10.3 Å². The highest BCUT2D eigenvalue weighted by molar-refractivity contribution is 6.30. The minimum absolute atomic E-state index is 0.288. The zero-order chi connectivity index (χ0) is 17.7. The van der Waals surface area contributed by atoms with Gasteiger partial charge in [0.15, 0.2) is 5.96 Å². The van der Waals surface area contributed by atoms with Gasteiger partial charge in [-0.2, -0.15) is 0 Å². The maximum absolute atomic E-state index is 13.4. The van der Waals surface area contributed by atoms with Crippen molar-refractivity contribution in [1.29, 1.82) is 0 Å². The van der Waals surface area contributed by atoms with Gasteiger partial charge in [0.2, 0.25) is 0 Å². The Labute approximate surface area is 146 Å². The summed E-state index contributed by atoms with van der Waals surface area (Å²) in [7, 11) is 5.58. The first kappa shape index (κ1) is 18.3. The van der Waals surface area contributed by atoms with Crippen molar-refractivity contribution in [3.8, 4) is 0 Å². The Kier molecular flexibility index (Phi) is 6.23. The van der Waals surface area contributed by atoms with Gasteiger partial charge in [-0.15, -0.1) is 0 Å². The number of hydrogen-bond acceptors (Lipinski definition) is 2. The van der Waals surface area contributed by atoms with Crippen LogP contribution in [0.2, 0.25) is 5.02 Å². The van der Waals surface area contributed by atoms with Gasteiger partial charge < -0.3 is 19.9 Å². The highest BCUT2D eigenvalue weighted by Crippen LogP contribution is 2.14. The number of benzene rings is 1. The average Bonchev–Trinajstić information content (AvgIpc) is 2.86. The summed E-state index contributed by atoms with van der Waals surface area (Å²) in [5, 5.41) is 13.1. The van der Waals surface area contributed by atoms with Crippen molar-refractivity contribution < 1.29 is 9.50 Å². The Morgan fingerprint density at radius 3 is 2.75 bits per heavy atom. The molecule has 0 spiro atoms. The summed E-state index contributed by atoms with van der Waals surface area (Å²) in [6.45, 7) is 0.814. The quantitative estimate of drug-likeness (QED) is 0.642. The van der Waals surface area contributed by atoms with Crippen molar-refractivity contribution in [3.63, 3.8) is 0 Å². The SMILES string of the molecule is CN=C(NCc1ccc(F)c(CO)c1)N(C)Cc1cc(Cl)cn1C. The molecule has 0 aliphatic carbocycles. The van der Waals surface area contributed by atoms with Crippen molar-refractivity contribution in [2.45, 2.75) is 19.7 Å². The normalized spacial score (nSPS) is 11.7. The third-order valence-electron chi connectivity index (χ3n) is 3.78. The molecule has 0 saturated heterocycles. The predicted molar refractivity (Wildman–Crippen MR) is 94.4 cm³/mol. The van der Waals surface area contributed by atoms with Crippen molar-refractivity contribution in [3.05, 3.63) is 58.1 Å². The average molecular weight is 353 g/mol. The molecule has 2 N–H and O–H groups in total. The number of guanidine groups is 1. The number of aliphatic hydroxyl groups excluding tert-OH is 1. The van der Waals surface area contributed by atoms with Crippen LogP contribution in [0.4, 0.5) is 4.39 Å². The summed E-state index contributed by atoms with van der Waals surface area (Å²) in [4.78, 5) is 6.24. The molecular weight excluding hydrogens is 331 g/mol. The van der Waals surface area contributed by atoms with Crippen LogP contribution in [0.1, 0.15) is 16.8 Å². The van der Waals surface area contributed by atoms with Gasteiger partial charge in [0.25, 0.3) is 0 Å². The number of aliphatic hydroxyl groups is 1. The molecule has 5 nitrogen and oxygen atoms in total. The standard InChI is InChI=1S/C17H22ClFN4O/c1-20-17(23(3)10-15-7-14(18)9-22(15)2)21-8-12-4-5-16(19)13(6-12)11-24/h4-7,9,24H,8,10-11H2,1-3H3,(H,20,21). The molecule has 0 atom stereocenters. The van der Waals surface area contributed by atoms with Crippen LogP contribution >= 0.6 is 11.6 Å². The summed E-state index contributed by atoms with van der Waals surface area (Å²) in [5.74, 6) is 0.311. The molecule has 0 saturated carbocycles. The van der Waals surface area contributed by atoms with Crippen LogP contribution in [0.3, 0.4) is 0 Å². The minimum Gasteiger partial charge on any atom is -0.392 e. The molecule has 0 unspecified atom stereocenters. The molecule has 1 heterocycles. The van der Waals surface area contributed by atoms with E-state index in [4.69, 9.17) is 16.7 Å². The van der Waals surface area contributed by atoms with Crippen molar-refractivity contribution in [1.82, 2.24) is 14.8 Å². The highest BCUT2D eigenvalue weighted by atomic mass is 35.5. The van der Waals surface area contributed by atoms with Gasteiger partial charge in [0.05, 0.1) is 18.2 Å². The van der Waals surface area contributed by atoms with Crippen LogP contribution in [0, 0.1) is 5.82 Å². The molecule has 7 heteroatoms. The lowest BCUT2D eigenvalue weighted by atomic mass is 10.1. The summed E-state index contributed by atoms with van der Waals surface area (Å²) >= 11 is 6.01. The monoisotopic (exact) mass is 352 g/mol. The first-order valence-corrected chi connectivity index (χ1v) is 7.93. The molecule has 0 radical (unpaired) electrons. The lowest BCUT2D eigenvalue weighted by molar-refractivity contribution is 0.275. The topological polar surface area (TPSA) is 52.8 Å². The molecule has 0 aliphatic rings. The molecule has 1 aromatic carbocycles. The van der Waals surface area contributed by atoms with Gasteiger partial charge in [0.1, 0.15) is 5.82 Å². The van der Waals surface area contributed by atoms with E-state index in [0.717, 1.165) is 11.3 Å². The summed E-state index contributed by atoms with van der Waals surface area (Å²) < 4.78 is 15.4. The predicted octanol–water partition coefficient (Wildman–Crippen LogP) is 2.52. The third kappa shape index (κ3) is 4.49. The summed E-state index contributed by atoms with van der Waals surface area (Å²) in [6.07, 6.45) is 1.86.